The number of para-hydroxylation sites is 2. The quantitative estimate of drug-likeness (QED) is 0.578. The third-order valence-electron chi connectivity index (χ3n) is 8.90. The third kappa shape index (κ3) is 3.64. The molecule has 2 aliphatic carbocycles. The summed E-state index contributed by atoms with van der Waals surface area (Å²) in [7, 11) is 0. The molecule has 6 rings (SSSR count). The fraction of sp³-hybridized carbons (Fsp3) is 0.692. The van der Waals surface area contributed by atoms with Gasteiger partial charge in [0.1, 0.15) is 0 Å². The minimum absolute atomic E-state index is 0.111. The van der Waals surface area contributed by atoms with Crippen molar-refractivity contribution in [1.82, 2.24) is 14.5 Å². The van der Waals surface area contributed by atoms with Gasteiger partial charge in [-0.3, -0.25) is 9.69 Å². The van der Waals surface area contributed by atoms with Gasteiger partial charge < -0.3 is 4.57 Å². The van der Waals surface area contributed by atoms with Gasteiger partial charge in [0.25, 0.3) is 5.56 Å². The van der Waals surface area contributed by atoms with Crippen LogP contribution in [0.25, 0.3) is 11.0 Å². The number of aromatic nitrogens is 2. The number of piperidine rings is 2. The number of hydrogen-bond donors (Lipinski definition) is 0. The van der Waals surface area contributed by atoms with Crippen LogP contribution in [0.5, 0.6) is 0 Å². The number of rotatable bonds is 2. The second-order valence-corrected chi connectivity index (χ2v) is 11.1. The molecule has 4 nitrogen and oxygen atoms in total. The Hall–Kier alpha value is -1.39. The van der Waals surface area contributed by atoms with Gasteiger partial charge in [-0.1, -0.05) is 55.8 Å². The van der Waals surface area contributed by atoms with Crippen LogP contribution in [0.3, 0.4) is 0 Å². The van der Waals surface area contributed by atoms with Gasteiger partial charge in [-0.2, -0.15) is 0 Å². The van der Waals surface area contributed by atoms with E-state index in [1.54, 1.807) is 0 Å². The Labute approximate surface area is 190 Å². The van der Waals surface area contributed by atoms with Crippen molar-refractivity contribution in [2.45, 2.75) is 101 Å². The zero-order chi connectivity index (χ0) is 20.9. The first-order valence-corrected chi connectivity index (χ1v) is 13.0. The van der Waals surface area contributed by atoms with E-state index in [2.05, 4.69) is 9.88 Å². The highest BCUT2D eigenvalue weighted by Crippen LogP contribution is 2.46. The average Bonchev–Trinajstić information content (AvgIpc) is 2.93. The lowest BCUT2D eigenvalue weighted by molar-refractivity contribution is -0.0420. The molecule has 2 aliphatic heterocycles. The number of hydrogen-bond acceptors (Lipinski definition) is 3. The van der Waals surface area contributed by atoms with Gasteiger partial charge >= 0.3 is 0 Å². The van der Waals surface area contributed by atoms with Gasteiger partial charge in [0.15, 0.2) is 5.15 Å². The second-order valence-electron chi connectivity index (χ2n) is 10.8. The molecule has 1 aromatic heterocycles. The highest BCUT2D eigenvalue weighted by atomic mass is 35.5. The van der Waals surface area contributed by atoms with Crippen molar-refractivity contribution >= 4 is 22.6 Å². The maximum Gasteiger partial charge on any atom is 0.288 e. The van der Waals surface area contributed by atoms with E-state index in [9.17, 15) is 4.79 Å². The van der Waals surface area contributed by atoms with E-state index in [0.717, 1.165) is 41.8 Å². The molecule has 2 saturated carbocycles. The molecule has 1 aromatic carbocycles. The zero-order valence-corrected chi connectivity index (χ0v) is 19.1. The van der Waals surface area contributed by atoms with Crippen LogP contribution in [0, 0.1) is 11.8 Å². The minimum Gasteiger partial charge on any atom is -0.301 e. The van der Waals surface area contributed by atoms with E-state index in [0.29, 0.717) is 12.1 Å². The van der Waals surface area contributed by atoms with Crippen molar-refractivity contribution in [3.05, 3.63) is 39.8 Å². The molecular formula is C26H34ClN3O. The van der Waals surface area contributed by atoms with Gasteiger partial charge in [-0.15, -0.1) is 0 Å². The summed E-state index contributed by atoms with van der Waals surface area (Å²) in [5.41, 5.74) is 1.66. The van der Waals surface area contributed by atoms with Gasteiger partial charge in [-0.25, -0.2) is 4.98 Å². The SMILES string of the molecule is O=c1c(Cl)nc2ccccc2n1C1C[C@H]2CCC[C@@H](C1)N2C1CC2CCCCC(C2)C1. The Morgan fingerprint density at radius 2 is 1.45 bits per heavy atom. The van der Waals surface area contributed by atoms with Crippen LogP contribution in [0.1, 0.15) is 83.1 Å². The van der Waals surface area contributed by atoms with Crippen LogP contribution >= 0.6 is 11.6 Å². The summed E-state index contributed by atoms with van der Waals surface area (Å²) in [5, 5.41) is 0.114. The first-order chi connectivity index (χ1) is 15.2. The topological polar surface area (TPSA) is 38.1 Å². The number of fused-ring (bicyclic) bond motifs is 5. The molecule has 4 bridgehead atoms. The van der Waals surface area contributed by atoms with Crippen LogP contribution in [-0.2, 0) is 0 Å². The summed E-state index contributed by atoms with van der Waals surface area (Å²) in [4.78, 5) is 20.4. The minimum atomic E-state index is -0.111. The molecule has 3 heterocycles. The maximum atomic E-state index is 13.1. The van der Waals surface area contributed by atoms with Crippen molar-refractivity contribution in [2.24, 2.45) is 11.8 Å². The fourth-order valence-electron chi connectivity index (χ4n) is 7.79. The second kappa shape index (κ2) is 8.19. The van der Waals surface area contributed by atoms with Crippen LogP contribution in [0.4, 0.5) is 0 Å². The number of benzene rings is 1. The molecule has 0 spiro atoms. The first-order valence-electron chi connectivity index (χ1n) is 12.6. The lowest BCUT2D eigenvalue weighted by atomic mass is 9.73. The Morgan fingerprint density at radius 3 is 2.16 bits per heavy atom. The molecule has 5 atom stereocenters. The molecule has 166 valence electrons. The maximum absolute atomic E-state index is 13.1. The van der Waals surface area contributed by atoms with Gasteiger partial charge in [0.05, 0.1) is 11.0 Å². The molecule has 2 saturated heterocycles. The van der Waals surface area contributed by atoms with Crippen molar-refractivity contribution in [1.29, 1.82) is 0 Å². The molecular weight excluding hydrogens is 406 g/mol. The molecule has 31 heavy (non-hydrogen) atoms. The predicted molar refractivity (Wildman–Crippen MR) is 126 cm³/mol. The van der Waals surface area contributed by atoms with Crippen molar-refractivity contribution in [3.8, 4) is 0 Å². The Kier molecular flexibility index (Phi) is 5.34. The van der Waals surface area contributed by atoms with Crippen LogP contribution in [0.15, 0.2) is 29.1 Å². The molecule has 5 heteroatoms. The molecule has 0 radical (unpaired) electrons. The summed E-state index contributed by atoms with van der Waals surface area (Å²) in [6.07, 6.45) is 16.2. The summed E-state index contributed by atoms with van der Waals surface area (Å²) < 4.78 is 1.99. The monoisotopic (exact) mass is 439 g/mol. The highest BCUT2D eigenvalue weighted by molar-refractivity contribution is 6.29. The zero-order valence-electron chi connectivity index (χ0n) is 18.4. The summed E-state index contributed by atoms with van der Waals surface area (Å²) in [6.45, 7) is 0. The number of halogens is 1. The predicted octanol–water partition coefficient (Wildman–Crippen LogP) is 5.97. The summed E-state index contributed by atoms with van der Waals surface area (Å²) >= 11 is 6.30. The summed E-state index contributed by atoms with van der Waals surface area (Å²) in [5.74, 6) is 1.91. The number of nitrogens with zero attached hydrogens (tertiary/aromatic N) is 3. The van der Waals surface area contributed by atoms with Crippen molar-refractivity contribution < 1.29 is 0 Å². The average molecular weight is 440 g/mol. The lowest BCUT2D eigenvalue weighted by Gasteiger charge is -2.54. The van der Waals surface area contributed by atoms with Gasteiger partial charge in [-0.05, 0) is 68.9 Å². The molecule has 2 aromatic rings. The van der Waals surface area contributed by atoms with Gasteiger partial charge in [0.2, 0.25) is 0 Å². The van der Waals surface area contributed by atoms with Crippen LogP contribution < -0.4 is 5.56 Å². The fourth-order valence-corrected chi connectivity index (χ4v) is 7.98. The molecule has 4 fully saturated rings. The van der Waals surface area contributed by atoms with E-state index < -0.39 is 0 Å². The molecule has 0 N–H and O–H groups in total. The smallest absolute Gasteiger partial charge is 0.288 e. The summed E-state index contributed by atoms with van der Waals surface area (Å²) in [6, 6.07) is 10.2. The van der Waals surface area contributed by atoms with E-state index in [1.807, 2.05) is 28.8 Å². The van der Waals surface area contributed by atoms with Gasteiger partial charge in [0, 0.05) is 24.2 Å². The molecule has 4 aliphatic rings. The first kappa shape index (κ1) is 20.2. The van der Waals surface area contributed by atoms with E-state index in [-0.39, 0.29) is 16.8 Å². The Balaban J connectivity index is 1.31. The lowest BCUT2D eigenvalue weighted by Crippen LogP contribution is -2.58. The molecule has 3 unspecified atom stereocenters. The van der Waals surface area contributed by atoms with Crippen LogP contribution in [0.2, 0.25) is 5.15 Å². The van der Waals surface area contributed by atoms with Crippen molar-refractivity contribution in [3.63, 3.8) is 0 Å². The van der Waals surface area contributed by atoms with E-state index in [4.69, 9.17) is 11.6 Å². The van der Waals surface area contributed by atoms with E-state index >= 15 is 0 Å². The largest absolute Gasteiger partial charge is 0.301 e. The standard InChI is InChI=1S/C26H34ClN3O/c27-25-26(31)30(24-11-4-3-10-23(24)28-25)22-15-19-8-5-9-20(16-22)29(19)21-13-17-6-1-2-7-18(12-17)14-21/h3-4,10-11,17-22H,1-2,5-9,12-16H2/t17?,18?,19-,20+,21?,22?. The van der Waals surface area contributed by atoms with Crippen molar-refractivity contribution in [2.75, 3.05) is 0 Å². The van der Waals surface area contributed by atoms with E-state index in [1.165, 1.54) is 64.2 Å². The van der Waals surface area contributed by atoms with Crippen LogP contribution in [-0.4, -0.2) is 32.6 Å². The highest BCUT2D eigenvalue weighted by Gasteiger charge is 2.45. The normalized spacial score (nSPS) is 36.3. The molecule has 0 amide bonds. The third-order valence-corrected chi connectivity index (χ3v) is 9.15. The Morgan fingerprint density at radius 1 is 0.774 bits per heavy atom. The Bertz CT molecular complexity index is 991.